The van der Waals surface area contributed by atoms with Crippen LogP contribution in [-0.4, -0.2) is 94.8 Å². The fourth-order valence-corrected chi connectivity index (χ4v) is 6.97. The summed E-state index contributed by atoms with van der Waals surface area (Å²) in [4.78, 5) is 40.7. The number of hydrogen-bond donors (Lipinski definition) is 0. The van der Waals surface area contributed by atoms with E-state index in [1.54, 1.807) is 0 Å². The standard InChI is InChI=1S/C37H41N5O3/c43-36(30-25-33(28-9-3-1-4-10-28)38-34(26-30)29-11-5-2-6-12-29)42-23-21-40(22-24-42)31-15-19-41(20-16-31)37(44)35-14-13-32(45-35)27-39-17-7-8-18-39/h1-6,9-14,25-26,31H,7-8,15-24,27H2. The molecule has 2 amide bonds. The van der Waals surface area contributed by atoms with Crippen molar-refractivity contribution in [3.63, 3.8) is 0 Å². The average Bonchev–Trinajstić information content (AvgIpc) is 3.81. The molecule has 0 unspecified atom stereocenters. The number of carbonyl (C=O) groups is 2. The number of hydrogen-bond acceptors (Lipinski definition) is 6. The van der Waals surface area contributed by atoms with E-state index < -0.39 is 0 Å². The first-order chi connectivity index (χ1) is 22.1. The molecule has 232 valence electrons. The maximum Gasteiger partial charge on any atom is 0.289 e. The Hall–Kier alpha value is -4.27. The van der Waals surface area contributed by atoms with Crippen molar-refractivity contribution in [3.8, 4) is 22.5 Å². The van der Waals surface area contributed by atoms with Gasteiger partial charge < -0.3 is 14.2 Å². The molecule has 3 saturated heterocycles. The van der Waals surface area contributed by atoms with Crippen LogP contribution >= 0.6 is 0 Å². The highest BCUT2D eigenvalue weighted by atomic mass is 16.4. The van der Waals surface area contributed by atoms with Crippen molar-refractivity contribution in [2.75, 3.05) is 52.4 Å². The predicted octanol–water partition coefficient (Wildman–Crippen LogP) is 5.67. The number of piperazine rings is 1. The van der Waals surface area contributed by atoms with Gasteiger partial charge in [-0.2, -0.15) is 0 Å². The zero-order chi connectivity index (χ0) is 30.6. The highest BCUT2D eigenvalue weighted by molar-refractivity contribution is 5.96. The number of nitrogens with zero attached hydrogens (tertiary/aromatic N) is 5. The van der Waals surface area contributed by atoms with E-state index in [1.165, 1.54) is 12.8 Å². The van der Waals surface area contributed by atoms with Crippen LogP contribution in [0.4, 0.5) is 0 Å². The lowest BCUT2D eigenvalue weighted by molar-refractivity contribution is 0.0401. The van der Waals surface area contributed by atoms with Crippen LogP contribution in [0.25, 0.3) is 22.5 Å². The Morgan fingerprint density at radius 1 is 0.667 bits per heavy atom. The average molecular weight is 604 g/mol. The molecular formula is C37H41N5O3. The number of amides is 2. The van der Waals surface area contributed by atoms with Gasteiger partial charge in [-0.1, -0.05) is 60.7 Å². The smallest absolute Gasteiger partial charge is 0.289 e. The molecular weight excluding hydrogens is 562 g/mol. The van der Waals surface area contributed by atoms with Crippen molar-refractivity contribution < 1.29 is 14.0 Å². The molecule has 3 aliphatic rings. The number of benzene rings is 2. The summed E-state index contributed by atoms with van der Waals surface area (Å²) >= 11 is 0. The zero-order valence-corrected chi connectivity index (χ0v) is 25.8. The molecule has 45 heavy (non-hydrogen) atoms. The van der Waals surface area contributed by atoms with Crippen molar-refractivity contribution in [1.29, 1.82) is 0 Å². The number of piperidine rings is 1. The molecule has 8 heteroatoms. The summed E-state index contributed by atoms with van der Waals surface area (Å²) in [6.45, 7) is 7.50. The third-order valence-corrected chi connectivity index (χ3v) is 9.53. The normalized spacial score (nSPS) is 18.4. The van der Waals surface area contributed by atoms with E-state index in [0.29, 0.717) is 30.5 Å². The zero-order valence-electron chi connectivity index (χ0n) is 25.8. The Balaban J connectivity index is 0.952. The molecule has 3 fully saturated rings. The van der Waals surface area contributed by atoms with E-state index in [9.17, 15) is 9.59 Å². The van der Waals surface area contributed by atoms with E-state index in [2.05, 4.69) is 9.80 Å². The lowest BCUT2D eigenvalue weighted by Crippen LogP contribution is -2.54. The van der Waals surface area contributed by atoms with Crippen molar-refractivity contribution in [2.45, 2.75) is 38.3 Å². The Kier molecular flexibility index (Phi) is 8.76. The molecule has 0 atom stereocenters. The highest BCUT2D eigenvalue weighted by Gasteiger charge is 2.32. The number of furan rings is 1. The van der Waals surface area contributed by atoms with Crippen LogP contribution in [0.5, 0.6) is 0 Å². The molecule has 8 nitrogen and oxygen atoms in total. The van der Waals surface area contributed by atoms with Crippen LogP contribution in [0.1, 0.15) is 52.4 Å². The van der Waals surface area contributed by atoms with Gasteiger partial charge >= 0.3 is 0 Å². The summed E-state index contributed by atoms with van der Waals surface area (Å²) in [7, 11) is 0. The van der Waals surface area contributed by atoms with Gasteiger partial charge in [0.25, 0.3) is 11.8 Å². The van der Waals surface area contributed by atoms with Gasteiger partial charge in [-0.15, -0.1) is 0 Å². The summed E-state index contributed by atoms with van der Waals surface area (Å²) in [5, 5.41) is 0. The Bertz CT molecular complexity index is 1540. The second-order valence-electron chi connectivity index (χ2n) is 12.5. The number of pyridine rings is 1. The van der Waals surface area contributed by atoms with Crippen LogP contribution in [0.15, 0.2) is 89.3 Å². The lowest BCUT2D eigenvalue weighted by Gasteiger charge is -2.42. The molecule has 0 saturated carbocycles. The molecule has 4 aromatic rings. The van der Waals surface area contributed by atoms with E-state index in [1.807, 2.05) is 94.7 Å². The molecule has 0 bridgehead atoms. The first kappa shape index (κ1) is 29.4. The van der Waals surface area contributed by atoms with Gasteiger partial charge in [0.2, 0.25) is 0 Å². The van der Waals surface area contributed by atoms with E-state index in [0.717, 1.165) is 86.9 Å². The van der Waals surface area contributed by atoms with Crippen molar-refractivity contribution >= 4 is 11.8 Å². The van der Waals surface area contributed by atoms with E-state index in [-0.39, 0.29) is 11.8 Å². The second kappa shape index (κ2) is 13.4. The van der Waals surface area contributed by atoms with Gasteiger partial charge in [0.05, 0.1) is 17.9 Å². The topological polar surface area (TPSA) is 73.1 Å². The molecule has 0 aliphatic carbocycles. The maximum atomic E-state index is 13.8. The first-order valence-corrected chi connectivity index (χ1v) is 16.4. The molecule has 7 rings (SSSR count). The largest absolute Gasteiger partial charge is 0.455 e. The number of likely N-dealkylation sites (tertiary alicyclic amines) is 2. The summed E-state index contributed by atoms with van der Waals surface area (Å²) in [6, 6.07) is 28.2. The summed E-state index contributed by atoms with van der Waals surface area (Å²) in [6.07, 6.45) is 4.35. The minimum atomic E-state index is -0.00127. The highest BCUT2D eigenvalue weighted by Crippen LogP contribution is 2.27. The Labute approximate surface area is 265 Å². The van der Waals surface area contributed by atoms with E-state index in [4.69, 9.17) is 9.40 Å². The molecule has 2 aromatic carbocycles. The fourth-order valence-electron chi connectivity index (χ4n) is 6.97. The number of aromatic nitrogens is 1. The van der Waals surface area contributed by atoms with Gasteiger partial charge in [-0.05, 0) is 63.0 Å². The van der Waals surface area contributed by atoms with Crippen LogP contribution in [0.3, 0.4) is 0 Å². The molecule has 0 spiro atoms. The van der Waals surface area contributed by atoms with Crippen LogP contribution < -0.4 is 0 Å². The second-order valence-corrected chi connectivity index (χ2v) is 12.5. The summed E-state index contributed by atoms with van der Waals surface area (Å²) in [5.74, 6) is 1.38. The minimum absolute atomic E-state index is 0.00127. The van der Waals surface area contributed by atoms with E-state index >= 15 is 0 Å². The third-order valence-electron chi connectivity index (χ3n) is 9.53. The van der Waals surface area contributed by atoms with Gasteiger partial charge in [0.15, 0.2) is 5.76 Å². The van der Waals surface area contributed by atoms with Gasteiger partial charge in [0, 0.05) is 62.0 Å². The van der Waals surface area contributed by atoms with Crippen LogP contribution in [0, 0.1) is 0 Å². The van der Waals surface area contributed by atoms with Crippen molar-refractivity contribution in [2.24, 2.45) is 0 Å². The van der Waals surface area contributed by atoms with Gasteiger partial charge in [0.1, 0.15) is 5.76 Å². The molecule has 3 aliphatic heterocycles. The minimum Gasteiger partial charge on any atom is -0.455 e. The number of rotatable bonds is 7. The third kappa shape index (κ3) is 6.72. The number of carbonyl (C=O) groups excluding carboxylic acids is 2. The SMILES string of the molecule is O=C(c1cc(-c2ccccc2)nc(-c2ccccc2)c1)N1CCN(C2CCN(C(=O)c3ccc(CN4CCCC4)o3)CC2)CC1. The Morgan fingerprint density at radius 3 is 1.84 bits per heavy atom. The van der Waals surface area contributed by atoms with Crippen molar-refractivity contribution in [1.82, 2.24) is 24.6 Å². The molecule has 0 radical (unpaired) electrons. The van der Waals surface area contributed by atoms with Crippen LogP contribution in [0.2, 0.25) is 0 Å². The quantitative estimate of drug-likeness (QED) is 0.271. The first-order valence-electron chi connectivity index (χ1n) is 16.4. The summed E-state index contributed by atoms with van der Waals surface area (Å²) < 4.78 is 5.95. The van der Waals surface area contributed by atoms with Crippen LogP contribution in [-0.2, 0) is 6.54 Å². The maximum absolute atomic E-state index is 13.8. The predicted molar refractivity (Wildman–Crippen MR) is 175 cm³/mol. The molecule has 2 aromatic heterocycles. The fraction of sp³-hybridized carbons (Fsp3) is 0.378. The van der Waals surface area contributed by atoms with Gasteiger partial charge in [-0.3, -0.25) is 19.4 Å². The Morgan fingerprint density at radius 2 is 1.24 bits per heavy atom. The van der Waals surface area contributed by atoms with Crippen molar-refractivity contribution in [3.05, 3.63) is 102 Å². The monoisotopic (exact) mass is 603 g/mol. The van der Waals surface area contributed by atoms with Gasteiger partial charge in [-0.25, -0.2) is 4.98 Å². The summed E-state index contributed by atoms with van der Waals surface area (Å²) in [5.41, 5.74) is 4.27. The molecule has 0 N–H and O–H groups in total. The molecule has 5 heterocycles. The lowest BCUT2D eigenvalue weighted by atomic mass is 10.0.